The Kier molecular flexibility index (Phi) is 6.87. The van der Waals surface area contributed by atoms with Crippen LogP contribution in [0.25, 0.3) is 33.1 Å². The quantitative estimate of drug-likeness (QED) is 0.326. The zero-order valence-electron chi connectivity index (χ0n) is 24.7. The molecule has 0 saturated carbocycles. The molecule has 43 heavy (non-hydrogen) atoms. The summed E-state index contributed by atoms with van der Waals surface area (Å²) in [5, 5.41) is 11.2. The molecule has 2 aromatic heterocycles. The Labute approximate surface area is 260 Å². The number of hydrogen-bond donors (Lipinski definition) is 2. The van der Waals surface area contributed by atoms with Crippen LogP contribution in [0, 0.1) is 0 Å². The van der Waals surface area contributed by atoms with Gasteiger partial charge in [0.25, 0.3) is 0 Å². The Bertz CT molecular complexity index is 1780. The largest absolute Gasteiger partial charge is 0.399 e. The van der Waals surface area contributed by atoms with Crippen LogP contribution in [0.5, 0.6) is 0 Å². The number of thioether (sulfide) groups is 1. The van der Waals surface area contributed by atoms with E-state index >= 15 is 0 Å². The molecule has 2 unspecified atom stereocenters. The van der Waals surface area contributed by atoms with Gasteiger partial charge in [0.1, 0.15) is 11.5 Å². The summed E-state index contributed by atoms with van der Waals surface area (Å²) in [6.45, 7) is 9.99. The Morgan fingerprint density at radius 3 is 2.56 bits per heavy atom. The fourth-order valence-corrected chi connectivity index (χ4v) is 9.34. The first-order chi connectivity index (χ1) is 20.9. The smallest absolute Gasteiger partial charge is 0.350 e. The van der Waals surface area contributed by atoms with Gasteiger partial charge in [0.15, 0.2) is 0 Å². The average Bonchev–Trinajstić information content (AvgIpc) is 3.51. The van der Waals surface area contributed by atoms with E-state index < -0.39 is 0 Å². The molecule has 3 fully saturated rings. The molecule has 0 spiro atoms. The standard InChI is InChI=1S/C31H38ClN9OS/c1-3-38-8-10-39(11-9-38)16-21-17-43-29-26(27-22-12-18(33)4-7-25(22)37(2)36-27)24(32)13-23-28(29)41(21)31(42)35-30(23)40-14-19-5-6-20(15-40)34-19/h4,7,12-13,19-21,34H,3,5-6,8-11,14-17,33H2,1-2H3/t19?,20?,21-/m0/s1. The van der Waals surface area contributed by atoms with Crippen LogP contribution >= 0.6 is 23.4 Å². The maximum atomic E-state index is 14.1. The van der Waals surface area contributed by atoms with Crippen molar-refractivity contribution in [2.75, 3.05) is 68.7 Å². The monoisotopic (exact) mass is 619 g/mol. The third-order valence-electron chi connectivity index (χ3n) is 9.89. The summed E-state index contributed by atoms with van der Waals surface area (Å²) >= 11 is 9.03. The number of nitrogen functional groups attached to an aromatic ring is 1. The van der Waals surface area contributed by atoms with E-state index in [2.05, 4.69) is 26.9 Å². The van der Waals surface area contributed by atoms with Gasteiger partial charge in [-0.15, -0.1) is 11.8 Å². The number of rotatable bonds is 5. The number of nitrogens with two attached hydrogens (primary N) is 1. The second kappa shape index (κ2) is 10.7. The van der Waals surface area contributed by atoms with Crippen LogP contribution in [-0.4, -0.2) is 99.3 Å². The molecule has 4 aliphatic rings. The highest BCUT2D eigenvalue weighted by Crippen LogP contribution is 2.48. The summed E-state index contributed by atoms with van der Waals surface area (Å²) in [5.41, 5.74) is 10.3. The predicted octanol–water partition coefficient (Wildman–Crippen LogP) is 3.41. The van der Waals surface area contributed by atoms with E-state index in [0.717, 1.165) is 115 Å². The lowest BCUT2D eigenvalue weighted by Crippen LogP contribution is -2.52. The topological polar surface area (TPSA) is 100 Å². The fraction of sp³-hybridized carbons (Fsp3) is 0.516. The van der Waals surface area contributed by atoms with Gasteiger partial charge in [-0.05, 0) is 43.7 Å². The second-order valence-corrected chi connectivity index (χ2v) is 14.0. The molecule has 3 atom stereocenters. The number of nitrogens with zero attached hydrogens (tertiary/aromatic N) is 7. The van der Waals surface area contributed by atoms with Gasteiger partial charge in [0.05, 0.1) is 22.1 Å². The maximum Gasteiger partial charge on any atom is 0.350 e. The van der Waals surface area contributed by atoms with E-state index in [0.29, 0.717) is 22.8 Å². The van der Waals surface area contributed by atoms with Gasteiger partial charge in [-0.3, -0.25) is 14.1 Å². The molecule has 2 aromatic carbocycles. The zero-order chi connectivity index (χ0) is 29.4. The predicted molar refractivity (Wildman–Crippen MR) is 176 cm³/mol. The Morgan fingerprint density at radius 1 is 1.07 bits per heavy atom. The molecule has 12 heteroatoms. The van der Waals surface area contributed by atoms with Gasteiger partial charge in [-0.25, -0.2) is 4.79 Å². The number of aromatic nitrogens is 4. The highest BCUT2D eigenvalue weighted by atomic mass is 35.5. The van der Waals surface area contributed by atoms with E-state index in [1.807, 2.05) is 40.6 Å². The van der Waals surface area contributed by atoms with Crippen molar-refractivity contribution in [2.24, 2.45) is 7.05 Å². The number of benzene rings is 2. The molecule has 4 aromatic rings. The van der Waals surface area contributed by atoms with Gasteiger partial charge in [-0.2, -0.15) is 10.1 Å². The lowest BCUT2D eigenvalue weighted by molar-refractivity contribution is 0.126. The third kappa shape index (κ3) is 4.63. The number of aryl methyl sites for hydroxylation is 1. The van der Waals surface area contributed by atoms with Crippen molar-refractivity contribution >= 4 is 56.7 Å². The number of fused-ring (bicyclic) bond motifs is 3. The van der Waals surface area contributed by atoms with E-state index in [1.54, 1.807) is 11.8 Å². The number of anilines is 2. The third-order valence-corrected chi connectivity index (χ3v) is 11.4. The van der Waals surface area contributed by atoms with Crippen LogP contribution in [0.3, 0.4) is 0 Å². The Balaban J connectivity index is 1.31. The molecule has 3 N–H and O–H groups in total. The SMILES string of the molecule is CCN1CCN(C[C@H]2CSc3c(-c4nn(C)c5ccc(N)cc45)c(Cl)cc4c(N5CC6CCC(C5)N6)nc(=O)n2c34)CC1. The van der Waals surface area contributed by atoms with Crippen molar-refractivity contribution in [3.05, 3.63) is 39.8 Å². The second-order valence-electron chi connectivity index (χ2n) is 12.5. The summed E-state index contributed by atoms with van der Waals surface area (Å²) < 4.78 is 3.86. The highest BCUT2D eigenvalue weighted by molar-refractivity contribution is 7.99. The van der Waals surface area contributed by atoms with Crippen molar-refractivity contribution in [3.8, 4) is 11.3 Å². The molecule has 0 amide bonds. The number of halogens is 1. The minimum Gasteiger partial charge on any atom is -0.399 e. The van der Waals surface area contributed by atoms with Crippen LogP contribution in [0.1, 0.15) is 25.8 Å². The van der Waals surface area contributed by atoms with E-state index in [4.69, 9.17) is 27.4 Å². The van der Waals surface area contributed by atoms with E-state index in [1.165, 1.54) is 0 Å². The molecule has 226 valence electrons. The summed E-state index contributed by atoms with van der Waals surface area (Å²) in [5.74, 6) is 1.53. The van der Waals surface area contributed by atoms with E-state index in [9.17, 15) is 4.79 Å². The minimum absolute atomic E-state index is 0.0200. The first-order valence-electron chi connectivity index (χ1n) is 15.5. The molecular weight excluding hydrogens is 582 g/mol. The molecule has 0 radical (unpaired) electrons. The average molecular weight is 620 g/mol. The van der Waals surface area contributed by atoms with Crippen molar-refractivity contribution in [1.82, 2.24) is 34.4 Å². The van der Waals surface area contributed by atoms with Gasteiger partial charge in [0, 0.05) is 97.6 Å². The molecule has 10 nitrogen and oxygen atoms in total. The lowest BCUT2D eigenvalue weighted by Gasteiger charge is -2.38. The first-order valence-corrected chi connectivity index (χ1v) is 16.8. The summed E-state index contributed by atoms with van der Waals surface area (Å²) in [4.78, 5) is 27.3. The summed E-state index contributed by atoms with van der Waals surface area (Å²) in [6.07, 6.45) is 2.32. The zero-order valence-corrected chi connectivity index (χ0v) is 26.3. The normalized spacial score (nSPS) is 24.4. The fourth-order valence-electron chi connectivity index (χ4n) is 7.68. The first kappa shape index (κ1) is 27.7. The van der Waals surface area contributed by atoms with Crippen molar-refractivity contribution in [3.63, 3.8) is 0 Å². The summed E-state index contributed by atoms with van der Waals surface area (Å²) in [6, 6.07) is 8.78. The molecular formula is C31H38ClN9OS. The lowest BCUT2D eigenvalue weighted by atomic mass is 10.0. The Hall–Kier alpha value is -2.83. The highest BCUT2D eigenvalue weighted by Gasteiger charge is 2.36. The molecule has 6 heterocycles. The van der Waals surface area contributed by atoms with E-state index in [-0.39, 0.29) is 11.7 Å². The van der Waals surface area contributed by atoms with Crippen LogP contribution in [0.4, 0.5) is 11.5 Å². The van der Waals surface area contributed by atoms with Crippen molar-refractivity contribution < 1.29 is 0 Å². The maximum absolute atomic E-state index is 14.1. The van der Waals surface area contributed by atoms with Gasteiger partial charge >= 0.3 is 5.69 Å². The van der Waals surface area contributed by atoms with Crippen LogP contribution in [0.2, 0.25) is 5.02 Å². The van der Waals surface area contributed by atoms with Crippen LogP contribution < -0.4 is 21.6 Å². The number of hydrogen-bond acceptors (Lipinski definition) is 9. The molecule has 2 bridgehead atoms. The molecule has 3 saturated heterocycles. The van der Waals surface area contributed by atoms with Crippen LogP contribution in [-0.2, 0) is 7.05 Å². The van der Waals surface area contributed by atoms with Crippen molar-refractivity contribution in [1.29, 1.82) is 0 Å². The molecule has 0 aliphatic carbocycles. The van der Waals surface area contributed by atoms with Gasteiger partial charge in [-0.1, -0.05) is 18.5 Å². The van der Waals surface area contributed by atoms with Gasteiger partial charge < -0.3 is 20.9 Å². The number of piperazine rings is 2. The van der Waals surface area contributed by atoms with Crippen molar-refractivity contribution in [2.45, 2.75) is 42.8 Å². The number of likely N-dealkylation sites (N-methyl/N-ethyl adjacent to an activating group) is 1. The molecule has 4 aliphatic heterocycles. The summed E-state index contributed by atoms with van der Waals surface area (Å²) in [7, 11) is 1.95. The van der Waals surface area contributed by atoms with Gasteiger partial charge in [0.2, 0.25) is 0 Å². The van der Waals surface area contributed by atoms with Crippen LogP contribution in [0.15, 0.2) is 34.0 Å². The number of nitrogens with one attached hydrogen (secondary N) is 1. The molecule has 8 rings (SSSR count). The Morgan fingerprint density at radius 2 is 1.81 bits per heavy atom. The minimum atomic E-state index is -0.171.